The maximum atomic E-state index is 11.7. The molecule has 146 valence electrons. The third-order valence-corrected chi connectivity index (χ3v) is 5.37. The average molecular weight is 383 g/mol. The summed E-state index contributed by atoms with van der Waals surface area (Å²) >= 11 is 0. The smallest absolute Gasteiger partial charge is 0.326 e. The molecule has 0 bridgehead atoms. The highest BCUT2D eigenvalue weighted by Gasteiger charge is 2.39. The minimum absolute atomic E-state index is 0.170. The zero-order valence-corrected chi connectivity index (χ0v) is 15.4. The number of aromatic amines is 1. The summed E-state index contributed by atoms with van der Waals surface area (Å²) in [5.41, 5.74) is 1.80. The van der Waals surface area contributed by atoms with Gasteiger partial charge in [0.05, 0.1) is 6.10 Å². The van der Waals surface area contributed by atoms with E-state index in [1.54, 1.807) is 12.0 Å². The van der Waals surface area contributed by atoms with Crippen LogP contribution in [0.3, 0.4) is 0 Å². The van der Waals surface area contributed by atoms with Crippen molar-refractivity contribution < 1.29 is 14.6 Å². The normalized spacial score (nSPS) is 22.1. The molecule has 2 atom stereocenters. The van der Waals surface area contributed by atoms with E-state index >= 15 is 0 Å². The largest absolute Gasteiger partial charge is 0.480 e. The van der Waals surface area contributed by atoms with Gasteiger partial charge < -0.3 is 20.1 Å². The van der Waals surface area contributed by atoms with Gasteiger partial charge in [0.15, 0.2) is 5.82 Å². The van der Waals surface area contributed by atoms with E-state index in [2.05, 4.69) is 25.5 Å². The first kappa shape index (κ1) is 17.0. The van der Waals surface area contributed by atoms with Crippen LogP contribution in [0.15, 0.2) is 24.4 Å². The summed E-state index contributed by atoms with van der Waals surface area (Å²) in [6.07, 6.45) is 4.46. The number of nitrogens with zero attached hydrogens (tertiary/aromatic N) is 5. The number of H-pyrrole nitrogens is 1. The van der Waals surface area contributed by atoms with E-state index in [4.69, 9.17) is 4.74 Å². The van der Waals surface area contributed by atoms with Crippen LogP contribution in [-0.2, 0) is 9.53 Å². The van der Waals surface area contributed by atoms with Crippen molar-refractivity contribution in [3.8, 4) is 0 Å². The van der Waals surface area contributed by atoms with Crippen molar-refractivity contribution in [2.75, 3.05) is 23.9 Å². The molecule has 1 aliphatic heterocycles. The van der Waals surface area contributed by atoms with Crippen molar-refractivity contribution in [2.45, 2.75) is 37.3 Å². The first-order valence-electron chi connectivity index (χ1n) is 9.32. The molecule has 0 amide bonds. The monoisotopic (exact) mass is 383 g/mol. The van der Waals surface area contributed by atoms with E-state index in [0.29, 0.717) is 42.2 Å². The number of aliphatic carboxylic acids is 1. The summed E-state index contributed by atoms with van der Waals surface area (Å²) < 4.78 is 7.19. The van der Waals surface area contributed by atoms with Crippen molar-refractivity contribution in [1.29, 1.82) is 0 Å². The summed E-state index contributed by atoms with van der Waals surface area (Å²) in [5.74, 6) is 1.23. The first-order valence-corrected chi connectivity index (χ1v) is 9.32. The third-order valence-electron chi connectivity index (χ3n) is 5.37. The minimum atomic E-state index is -0.908. The van der Waals surface area contributed by atoms with E-state index in [1.165, 1.54) is 12.8 Å². The molecule has 0 radical (unpaired) electrons. The molecule has 1 saturated heterocycles. The molecule has 0 unspecified atom stereocenters. The summed E-state index contributed by atoms with van der Waals surface area (Å²) in [6, 6.07) is 5.00. The second kappa shape index (κ2) is 6.48. The lowest BCUT2D eigenvalue weighted by molar-refractivity contribution is -0.138. The molecule has 10 nitrogen and oxygen atoms in total. The van der Waals surface area contributed by atoms with Gasteiger partial charge in [0, 0.05) is 44.0 Å². The lowest BCUT2D eigenvalue weighted by atomic mass is 10.2. The molecule has 0 spiro atoms. The van der Waals surface area contributed by atoms with Gasteiger partial charge in [0.2, 0.25) is 11.9 Å². The van der Waals surface area contributed by atoms with Crippen molar-refractivity contribution in [3.63, 3.8) is 0 Å². The quantitative estimate of drug-likeness (QED) is 0.589. The number of hydrogen-bond acceptors (Lipinski definition) is 7. The van der Waals surface area contributed by atoms with Gasteiger partial charge in [-0.25, -0.2) is 4.79 Å². The van der Waals surface area contributed by atoms with Gasteiger partial charge in [-0.2, -0.15) is 15.1 Å². The molecule has 1 aliphatic carbocycles. The molecule has 4 heterocycles. The van der Waals surface area contributed by atoms with Gasteiger partial charge in [0.25, 0.3) is 0 Å². The number of hydrogen-bond donors (Lipinski definition) is 3. The van der Waals surface area contributed by atoms with Crippen LogP contribution in [0, 0.1) is 0 Å². The van der Waals surface area contributed by atoms with Gasteiger partial charge in [-0.05, 0) is 25.0 Å². The van der Waals surface area contributed by atoms with Crippen molar-refractivity contribution in [3.05, 3.63) is 30.1 Å². The number of rotatable bonds is 6. The Balaban J connectivity index is 1.50. The van der Waals surface area contributed by atoms with Crippen LogP contribution >= 0.6 is 0 Å². The highest BCUT2D eigenvalue weighted by Crippen LogP contribution is 2.39. The highest BCUT2D eigenvalue weighted by atomic mass is 16.5. The van der Waals surface area contributed by atoms with Crippen LogP contribution in [0.5, 0.6) is 0 Å². The highest BCUT2D eigenvalue weighted by molar-refractivity contribution is 5.78. The van der Waals surface area contributed by atoms with Gasteiger partial charge in [-0.15, -0.1) is 0 Å². The molecule has 10 heteroatoms. The number of carboxylic acid groups (broad SMARTS) is 1. The molecule has 3 N–H and O–H groups in total. The van der Waals surface area contributed by atoms with Crippen LogP contribution in [0.1, 0.15) is 30.9 Å². The maximum absolute atomic E-state index is 11.7. The number of nitrogens with one attached hydrogen (secondary N) is 2. The molecular formula is C18H21N7O3. The Labute approximate surface area is 160 Å². The van der Waals surface area contributed by atoms with E-state index in [9.17, 15) is 9.90 Å². The molecular weight excluding hydrogens is 362 g/mol. The van der Waals surface area contributed by atoms with Gasteiger partial charge in [-0.3, -0.25) is 9.50 Å². The van der Waals surface area contributed by atoms with Crippen LogP contribution in [-0.4, -0.2) is 61.4 Å². The number of aromatic nitrogens is 5. The first-order chi connectivity index (χ1) is 13.6. The molecule has 3 aromatic heterocycles. The zero-order valence-electron chi connectivity index (χ0n) is 15.4. The molecule has 3 aromatic rings. The zero-order chi connectivity index (χ0) is 19.3. The number of methoxy groups -OCH3 is 1. The number of ether oxygens (including phenoxy) is 1. The fourth-order valence-corrected chi connectivity index (χ4v) is 3.68. The summed E-state index contributed by atoms with van der Waals surface area (Å²) in [7, 11) is 1.59. The Morgan fingerprint density at radius 3 is 3.00 bits per heavy atom. The number of anilines is 3. The SMILES string of the molecule is CO[C@H]1C[C@@H](C(=O)O)N(c2nc(Nc3cc(C4CC4)[nH]n3)n3cccc3n2)C1. The van der Waals surface area contributed by atoms with Crippen molar-refractivity contribution >= 4 is 29.3 Å². The molecule has 0 aromatic carbocycles. The number of fused-ring (bicyclic) bond motifs is 1. The van der Waals surface area contributed by atoms with E-state index < -0.39 is 12.0 Å². The molecule has 2 aliphatic rings. The van der Waals surface area contributed by atoms with E-state index in [0.717, 1.165) is 5.69 Å². The van der Waals surface area contributed by atoms with Crippen LogP contribution in [0.2, 0.25) is 0 Å². The second-order valence-electron chi connectivity index (χ2n) is 7.29. The fraction of sp³-hybridized carbons (Fsp3) is 0.444. The fourth-order valence-electron chi connectivity index (χ4n) is 3.68. The van der Waals surface area contributed by atoms with Crippen molar-refractivity contribution in [1.82, 2.24) is 24.6 Å². The predicted molar refractivity (Wildman–Crippen MR) is 101 cm³/mol. The third kappa shape index (κ3) is 2.95. The Hall–Kier alpha value is -3.14. The predicted octanol–water partition coefficient (Wildman–Crippen LogP) is 1.75. The molecule has 28 heavy (non-hydrogen) atoms. The van der Waals surface area contributed by atoms with Crippen LogP contribution < -0.4 is 10.2 Å². The van der Waals surface area contributed by atoms with Crippen LogP contribution in [0.4, 0.5) is 17.7 Å². The Bertz CT molecular complexity index is 1030. The number of carboxylic acids is 1. The molecule has 5 rings (SSSR count). The van der Waals surface area contributed by atoms with Gasteiger partial charge >= 0.3 is 5.97 Å². The lowest BCUT2D eigenvalue weighted by Crippen LogP contribution is -2.37. The maximum Gasteiger partial charge on any atom is 0.326 e. The van der Waals surface area contributed by atoms with E-state index in [-0.39, 0.29) is 6.10 Å². The van der Waals surface area contributed by atoms with Gasteiger partial charge in [0.1, 0.15) is 11.7 Å². The summed E-state index contributed by atoms with van der Waals surface area (Å²) in [5, 5.41) is 20.2. The van der Waals surface area contributed by atoms with Crippen LogP contribution in [0.25, 0.3) is 5.65 Å². The number of carbonyl (C=O) groups is 1. The Morgan fingerprint density at radius 2 is 2.25 bits per heavy atom. The topological polar surface area (TPSA) is 121 Å². The molecule has 1 saturated carbocycles. The lowest BCUT2D eigenvalue weighted by Gasteiger charge is -2.22. The second-order valence-corrected chi connectivity index (χ2v) is 7.29. The van der Waals surface area contributed by atoms with Gasteiger partial charge in [-0.1, -0.05) is 0 Å². The summed E-state index contributed by atoms with van der Waals surface area (Å²) in [6.45, 7) is 0.429. The standard InChI is InChI=1S/C18H21N7O3/c1-28-11-7-13(16(26)27)25(9-11)18-20-15-3-2-6-24(15)17(21-18)19-14-8-12(22-23-14)10-4-5-10/h2-3,6,8,10-11,13H,4-5,7,9H2,1H3,(H,26,27)(H2,19,20,21,22,23)/t11-,13-/m0/s1. The Kier molecular flexibility index (Phi) is 3.93. The van der Waals surface area contributed by atoms with Crippen molar-refractivity contribution in [2.24, 2.45) is 0 Å². The molecule has 2 fully saturated rings. The average Bonchev–Trinajstić information content (AvgIpc) is 3.11. The minimum Gasteiger partial charge on any atom is -0.480 e. The summed E-state index contributed by atoms with van der Waals surface area (Å²) in [4.78, 5) is 22.6. The van der Waals surface area contributed by atoms with E-state index in [1.807, 2.05) is 28.8 Å². The Morgan fingerprint density at radius 1 is 1.39 bits per heavy atom.